The molecule has 0 saturated carbocycles. The quantitative estimate of drug-likeness (QED) is 0.696. The summed E-state index contributed by atoms with van der Waals surface area (Å²) in [6.07, 6.45) is 0. The van der Waals surface area contributed by atoms with E-state index in [1.165, 1.54) is 12.6 Å². The van der Waals surface area contributed by atoms with Gasteiger partial charge in [0, 0.05) is 0 Å². The molecule has 0 amide bonds. The van der Waals surface area contributed by atoms with Gasteiger partial charge >= 0.3 is 0 Å². The van der Waals surface area contributed by atoms with Gasteiger partial charge in [0.15, 0.2) is 0 Å². The van der Waals surface area contributed by atoms with Gasteiger partial charge in [-0.15, -0.1) is 0 Å². The van der Waals surface area contributed by atoms with Crippen molar-refractivity contribution in [3.63, 3.8) is 0 Å². The van der Waals surface area contributed by atoms with E-state index >= 15 is 0 Å². The topological polar surface area (TPSA) is 52.0 Å². The van der Waals surface area contributed by atoms with Gasteiger partial charge in [-0.1, -0.05) is 37.3 Å². The Hall–Kier alpha value is -0.860. The average molecular weight is 166 g/mol. The molecule has 0 bridgehead atoms. The first-order valence-corrected chi connectivity index (χ1v) is 4.17. The van der Waals surface area contributed by atoms with E-state index in [4.69, 9.17) is 5.73 Å². The van der Waals surface area contributed by atoms with Gasteiger partial charge in [0.05, 0.1) is 0 Å². The van der Waals surface area contributed by atoms with Crippen molar-refractivity contribution in [3.8, 4) is 0 Å². The molecule has 1 rings (SSSR count). The van der Waals surface area contributed by atoms with E-state index in [9.17, 15) is 0 Å². The maximum absolute atomic E-state index is 5.50. The first kappa shape index (κ1) is 11.1. The second-order valence-corrected chi connectivity index (χ2v) is 2.55. The van der Waals surface area contributed by atoms with Gasteiger partial charge in [-0.3, -0.25) is 0 Å². The molecule has 12 heavy (non-hydrogen) atoms. The van der Waals surface area contributed by atoms with E-state index in [-0.39, 0.29) is 0 Å². The van der Waals surface area contributed by atoms with E-state index in [0.717, 1.165) is 6.54 Å². The van der Waals surface area contributed by atoms with Gasteiger partial charge in [-0.25, -0.2) is 0 Å². The first-order chi connectivity index (χ1) is 5.84. The van der Waals surface area contributed by atoms with Crippen LogP contribution in [-0.4, -0.2) is 13.6 Å². The van der Waals surface area contributed by atoms with Crippen LogP contribution in [-0.2, 0) is 0 Å². The molecule has 1 aromatic rings. The molecule has 0 saturated heterocycles. The fourth-order valence-electron chi connectivity index (χ4n) is 0.918. The number of hydrogen-bond acceptors (Lipinski definition) is 2. The van der Waals surface area contributed by atoms with E-state index < -0.39 is 0 Å². The van der Waals surface area contributed by atoms with Crippen molar-refractivity contribution in [1.29, 1.82) is 0 Å². The van der Waals surface area contributed by atoms with Gasteiger partial charge in [0.1, 0.15) is 0 Å². The van der Waals surface area contributed by atoms with Gasteiger partial charge < -0.3 is 11.5 Å². The molecule has 1 atom stereocenters. The van der Waals surface area contributed by atoms with Crippen molar-refractivity contribution in [2.45, 2.75) is 12.8 Å². The molecular formula is C10H18N2. The minimum Gasteiger partial charge on any atom is -0.333 e. The van der Waals surface area contributed by atoms with Crippen molar-refractivity contribution in [2.75, 3.05) is 13.6 Å². The predicted molar refractivity (Wildman–Crippen MR) is 54.0 cm³/mol. The third-order valence-electron chi connectivity index (χ3n) is 1.72. The van der Waals surface area contributed by atoms with Crippen LogP contribution in [0.4, 0.5) is 0 Å². The Kier molecular flexibility index (Phi) is 6.34. The third-order valence-corrected chi connectivity index (χ3v) is 1.72. The van der Waals surface area contributed by atoms with Crippen LogP contribution in [0, 0.1) is 0 Å². The van der Waals surface area contributed by atoms with E-state index in [1.807, 2.05) is 18.2 Å². The molecule has 2 heteroatoms. The Bertz CT molecular complexity index is 184. The Morgan fingerprint density at radius 3 is 2.08 bits per heavy atom. The summed E-state index contributed by atoms with van der Waals surface area (Å²) >= 11 is 0. The summed E-state index contributed by atoms with van der Waals surface area (Å²) < 4.78 is 0. The standard InChI is InChI=1S/C9H13N.CH5N/c1-8(7-10)9-5-3-2-4-6-9;1-2/h2-6,8H,7,10H2,1H3;2H2,1H3. The average Bonchev–Trinajstić information content (AvgIpc) is 2.21. The lowest BCUT2D eigenvalue weighted by atomic mass is 10.0. The molecular weight excluding hydrogens is 148 g/mol. The summed E-state index contributed by atoms with van der Waals surface area (Å²) in [5, 5.41) is 0. The minimum atomic E-state index is 0.487. The zero-order valence-electron chi connectivity index (χ0n) is 7.83. The van der Waals surface area contributed by atoms with Crippen molar-refractivity contribution in [1.82, 2.24) is 0 Å². The van der Waals surface area contributed by atoms with Crippen molar-refractivity contribution >= 4 is 0 Å². The Labute approximate surface area is 74.6 Å². The van der Waals surface area contributed by atoms with E-state index in [2.05, 4.69) is 24.8 Å². The molecule has 0 radical (unpaired) electrons. The summed E-state index contributed by atoms with van der Waals surface area (Å²) in [4.78, 5) is 0. The number of hydrogen-bond donors (Lipinski definition) is 2. The van der Waals surface area contributed by atoms with Crippen LogP contribution in [0.15, 0.2) is 30.3 Å². The zero-order valence-corrected chi connectivity index (χ0v) is 7.83. The lowest BCUT2D eigenvalue weighted by molar-refractivity contribution is 0.774. The lowest BCUT2D eigenvalue weighted by Crippen LogP contribution is -2.08. The molecule has 2 nitrogen and oxygen atoms in total. The molecule has 1 unspecified atom stereocenters. The summed E-state index contributed by atoms with van der Waals surface area (Å²) in [5.41, 5.74) is 11.3. The highest BCUT2D eigenvalue weighted by molar-refractivity contribution is 5.18. The molecule has 0 spiro atoms. The molecule has 1 aromatic carbocycles. The Morgan fingerprint density at radius 2 is 1.67 bits per heavy atom. The largest absolute Gasteiger partial charge is 0.333 e. The molecule has 0 aliphatic carbocycles. The van der Waals surface area contributed by atoms with Crippen LogP contribution in [0.5, 0.6) is 0 Å². The maximum Gasteiger partial charge on any atom is -0.00109 e. The van der Waals surface area contributed by atoms with Gasteiger partial charge in [0.2, 0.25) is 0 Å². The van der Waals surface area contributed by atoms with Crippen molar-refractivity contribution in [2.24, 2.45) is 11.5 Å². The SMILES string of the molecule is CC(CN)c1ccccc1.CN. The highest BCUT2D eigenvalue weighted by Crippen LogP contribution is 2.11. The number of nitrogens with two attached hydrogens (primary N) is 2. The van der Waals surface area contributed by atoms with Crippen molar-refractivity contribution < 1.29 is 0 Å². The van der Waals surface area contributed by atoms with Gasteiger partial charge in [-0.05, 0) is 25.1 Å². The van der Waals surface area contributed by atoms with Crippen molar-refractivity contribution in [3.05, 3.63) is 35.9 Å². The molecule has 0 aliphatic heterocycles. The molecule has 0 heterocycles. The highest BCUT2D eigenvalue weighted by Gasteiger charge is 1.99. The highest BCUT2D eigenvalue weighted by atomic mass is 14.5. The molecule has 0 aromatic heterocycles. The summed E-state index contributed by atoms with van der Waals surface area (Å²) in [5.74, 6) is 0.487. The fourth-order valence-corrected chi connectivity index (χ4v) is 0.918. The van der Waals surface area contributed by atoms with Crippen LogP contribution in [0.25, 0.3) is 0 Å². The summed E-state index contributed by atoms with van der Waals surface area (Å²) in [6, 6.07) is 10.3. The third kappa shape index (κ3) is 3.51. The second kappa shape index (κ2) is 6.83. The number of rotatable bonds is 2. The maximum atomic E-state index is 5.50. The molecule has 0 aliphatic rings. The van der Waals surface area contributed by atoms with Gasteiger partial charge in [-0.2, -0.15) is 0 Å². The van der Waals surface area contributed by atoms with E-state index in [0.29, 0.717) is 5.92 Å². The van der Waals surface area contributed by atoms with E-state index in [1.54, 1.807) is 0 Å². The van der Waals surface area contributed by atoms with Crippen LogP contribution < -0.4 is 11.5 Å². The Morgan fingerprint density at radius 1 is 1.17 bits per heavy atom. The molecule has 68 valence electrons. The predicted octanol–water partition coefficient (Wildman–Crippen LogP) is 1.32. The summed E-state index contributed by atoms with van der Waals surface area (Å²) in [7, 11) is 1.50. The first-order valence-electron chi connectivity index (χ1n) is 4.17. The molecule has 0 fully saturated rings. The monoisotopic (exact) mass is 166 g/mol. The van der Waals surface area contributed by atoms with Crippen LogP contribution in [0.1, 0.15) is 18.4 Å². The van der Waals surface area contributed by atoms with Gasteiger partial charge in [0.25, 0.3) is 0 Å². The fraction of sp³-hybridized carbons (Fsp3) is 0.400. The summed E-state index contributed by atoms with van der Waals surface area (Å²) in [6.45, 7) is 2.86. The molecule has 4 N–H and O–H groups in total. The van der Waals surface area contributed by atoms with Crippen LogP contribution >= 0.6 is 0 Å². The number of benzene rings is 1. The lowest BCUT2D eigenvalue weighted by Gasteiger charge is -2.06. The Balaban J connectivity index is 0.000000561. The normalized spacial score (nSPS) is 11.3. The van der Waals surface area contributed by atoms with Crippen LogP contribution in [0.2, 0.25) is 0 Å². The second-order valence-electron chi connectivity index (χ2n) is 2.55. The van der Waals surface area contributed by atoms with Crippen LogP contribution in [0.3, 0.4) is 0 Å². The smallest absolute Gasteiger partial charge is 0.00109 e. The zero-order chi connectivity index (χ0) is 9.40. The minimum absolute atomic E-state index is 0.487.